The summed E-state index contributed by atoms with van der Waals surface area (Å²) in [6.07, 6.45) is 6.67. The molecule has 0 aliphatic carbocycles. The number of nitrogens with one attached hydrogen (secondary N) is 1. The Balaban J connectivity index is 1.44. The van der Waals surface area contributed by atoms with E-state index in [9.17, 15) is 9.59 Å². The molecule has 0 atom stereocenters. The van der Waals surface area contributed by atoms with Gasteiger partial charge in [0.15, 0.2) is 0 Å². The number of fused-ring (bicyclic) bond motifs is 1. The van der Waals surface area contributed by atoms with Crippen molar-refractivity contribution in [2.45, 2.75) is 19.4 Å². The fourth-order valence-corrected chi connectivity index (χ4v) is 4.33. The number of nitrogens with zero attached hydrogens (tertiary/aromatic N) is 5. The van der Waals surface area contributed by atoms with Crippen molar-refractivity contribution >= 4 is 28.3 Å². The maximum atomic E-state index is 12.9. The van der Waals surface area contributed by atoms with Crippen LogP contribution >= 0.6 is 0 Å². The summed E-state index contributed by atoms with van der Waals surface area (Å²) in [5.41, 5.74) is 3.30. The third kappa shape index (κ3) is 5.00. The topological polar surface area (TPSA) is 96.3 Å². The van der Waals surface area contributed by atoms with E-state index in [-0.39, 0.29) is 11.8 Å². The zero-order valence-corrected chi connectivity index (χ0v) is 20.3. The van der Waals surface area contributed by atoms with Crippen LogP contribution in [-0.2, 0) is 11.3 Å². The lowest BCUT2D eigenvalue weighted by atomic mass is 9.99. The average Bonchev–Trinajstić information content (AvgIpc) is 3.57. The van der Waals surface area contributed by atoms with E-state index in [1.807, 2.05) is 53.4 Å². The molecular weight excluding hydrogens is 456 g/mol. The minimum atomic E-state index is -0.112. The first-order chi connectivity index (χ1) is 17.5. The highest BCUT2D eigenvalue weighted by atomic mass is 16.5. The lowest BCUT2D eigenvalue weighted by molar-refractivity contribution is -0.131. The van der Waals surface area contributed by atoms with Crippen molar-refractivity contribution < 1.29 is 14.3 Å². The summed E-state index contributed by atoms with van der Waals surface area (Å²) in [5.74, 6) is 1.33. The Morgan fingerprint density at radius 2 is 1.97 bits per heavy atom. The number of H-pyrrole nitrogens is 1. The van der Waals surface area contributed by atoms with Crippen molar-refractivity contribution in [3.8, 4) is 11.5 Å². The molecule has 0 fully saturated rings. The molecular formula is C27H28N6O3. The predicted octanol–water partition coefficient (Wildman–Crippen LogP) is 3.96. The molecule has 36 heavy (non-hydrogen) atoms. The number of hydrogen-bond acceptors (Lipinski definition) is 5. The van der Waals surface area contributed by atoms with Gasteiger partial charge in [-0.1, -0.05) is 29.5 Å². The highest BCUT2D eigenvalue weighted by molar-refractivity contribution is 6.00. The van der Waals surface area contributed by atoms with Crippen LogP contribution in [0.15, 0.2) is 67.0 Å². The third-order valence-corrected chi connectivity index (χ3v) is 6.21. The minimum Gasteiger partial charge on any atom is -0.457 e. The predicted molar refractivity (Wildman–Crippen MR) is 137 cm³/mol. The van der Waals surface area contributed by atoms with Crippen LogP contribution in [0.5, 0.6) is 11.5 Å². The minimum absolute atomic E-state index is 0.0803. The largest absolute Gasteiger partial charge is 0.457 e. The first kappa shape index (κ1) is 23.3. The molecule has 0 radical (unpaired) electrons. The smallest absolute Gasteiger partial charge is 0.269 e. The van der Waals surface area contributed by atoms with Gasteiger partial charge in [0.05, 0.1) is 18.3 Å². The molecule has 1 aliphatic heterocycles. The van der Waals surface area contributed by atoms with Crippen molar-refractivity contribution in [3.05, 3.63) is 78.3 Å². The van der Waals surface area contributed by atoms with E-state index < -0.39 is 0 Å². The first-order valence-corrected chi connectivity index (χ1v) is 11.9. The van der Waals surface area contributed by atoms with Crippen LogP contribution in [0, 0.1) is 0 Å². The van der Waals surface area contributed by atoms with E-state index >= 15 is 0 Å². The van der Waals surface area contributed by atoms with Crippen molar-refractivity contribution in [2.75, 3.05) is 27.2 Å². The number of rotatable bonds is 7. The molecule has 0 spiro atoms. The van der Waals surface area contributed by atoms with Gasteiger partial charge in [-0.3, -0.25) is 14.3 Å². The van der Waals surface area contributed by atoms with Crippen LogP contribution in [0.25, 0.3) is 16.5 Å². The van der Waals surface area contributed by atoms with Gasteiger partial charge in [-0.2, -0.15) is 0 Å². The van der Waals surface area contributed by atoms with Gasteiger partial charge in [-0.25, -0.2) is 0 Å². The molecule has 2 aromatic heterocycles. The van der Waals surface area contributed by atoms with E-state index in [2.05, 4.69) is 21.4 Å². The van der Waals surface area contributed by atoms with Crippen LogP contribution in [-0.4, -0.2) is 68.8 Å². The van der Waals surface area contributed by atoms with Gasteiger partial charge in [0.1, 0.15) is 17.2 Å². The number of hydrogen-bond donors (Lipinski definition) is 1. The summed E-state index contributed by atoms with van der Waals surface area (Å²) in [6, 6.07) is 15.4. The van der Waals surface area contributed by atoms with E-state index in [0.29, 0.717) is 43.2 Å². The normalized spacial score (nSPS) is 13.5. The van der Waals surface area contributed by atoms with E-state index in [1.54, 1.807) is 31.2 Å². The Kier molecular flexibility index (Phi) is 6.53. The molecule has 5 rings (SSSR count). The quantitative estimate of drug-likeness (QED) is 0.428. The number of carbonyl (C=O) groups excluding carboxylic acids is 2. The fourth-order valence-electron chi connectivity index (χ4n) is 4.33. The lowest BCUT2D eigenvalue weighted by Crippen LogP contribution is -2.35. The maximum absolute atomic E-state index is 12.9. The summed E-state index contributed by atoms with van der Waals surface area (Å²) in [6.45, 7) is 1.69. The Labute approximate surface area is 209 Å². The molecule has 2 aromatic carbocycles. The molecule has 1 N–H and O–H groups in total. The second-order valence-electron chi connectivity index (χ2n) is 8.98. The van der Waals surface area contributed by atoms with Gasteiger partial charge < -0.3 is 19.5 Å². The Morgan fingerprint density at radius 3 is 2.72 bits per heavy atom. The second-order valence-corrected chi connectivity index (χ2v) is 8.98. The molecule has 4 aromatic rings. The summed E-state index contributed by atoms with van der Waals surface area (Å²) >= 11 is 0. The molecule has 0 saturated carbocycles. The summed E-state index contributed by atoms with van der Waals surface area (Å²) < 4.78 is 7.93. The van der Waals surface area contributed by atoms with E-state index in [4.69, 9.17) is 4.74 Å². The number of amides is 2. The van der Waals surface area contributed by atoms with Crippen LogP contribution < -0.4 is 4.74 Å². The number of aromatic amines is 1. The number of aromatic nitrogens is 4. The molecule has 0 bridgehead atoms. The molecule has 0 unspecified atom stereocenters. The van der Waals surface area contributed by atoms with Crippen LogP contribution in [0.1, 0.15) is 28.9 Å². The standard InChI is InChI=1S/C27H28N6O3/c1-31(2)27(35)24-17-22-23(29-24)15-20(16-25(22)36-21-8-4-3-5-9-21)19-7-6-12-32(18-19)26(34)10-13-33-14-11-28-30-33/h3-5,7-9,11,14-17,29H,6,10,12-13,18H2,1-2H3. The van der Waals surface area contributed by atoms with E-state index in [0.717, 1.165) is 28.5 Å². The van der Waals surface area contributed by atoms with Gasteiger partial charge >= 0.3 is 0 Å². The fraction of sp³-hybridized carbons (Fsp3) is 0.259. The Morgan fingerprint density at radius 1 is 1.14 bits per heavy atom. The summed E-state index contributed by atoms with van der Waals surface area (Å²) in [5, 5.41) is 8.55. The molecule has 0 saturated heterocycles. The van der Waals surface area contributed by atoms with Crippen LogP contribution in [0.3, 0.4) is 0 Å². The summed E-state index contributed by atoms with van der Waals surface area (Å²) in [4.78, 5) is 32.2. The van der Waals surface area contributed by atoms with Crippen molar-refractivity contribution in [1.82, 2.24) is 29.8 Å². The highest BCUT2D eigenvalue weighted by Crippen LogP contribution is 2.35. The van der Waals surface area contributed by atoms with Gasteiger partial charge in [-0.05, 0) is 47.9 Å². The van der Waals surface area contributed by atoms with Crippen molar-refractivity contribution in [2.24, 2.45) is 0 Å². The highest BCUT2D eigenvalue weighted by Gasteiger charge is 2.21. The zero-order chi connectivity index (χ0) is 25.1. The molecule has 184 valence electrons. The maximum Gasteiger partial charge on any atom is 0.269 e. The number of aryl methyl sites for hydroxylation is 1. The summed E-state index contributed by atoms with van der Waals surface area (Å²) in [7, 11) is 3.45. The molecule has 3 heterocycles. The van der Waals surface area contributed by atoms with Gasteiger partial charge in [-0.15, -0.1) is 5.10 Å². The first-order valence-electron chi connectivity index (χ1n) is 11.9. The lowest BCUT2D eigenvalue weighted by Gasteiger charge is -2.28. The van der Waals surface area contributed by atoms with Crippen molar-refractivity contribution in [3.63, 3.8) is 0 Å². The second kappa shape index (κ2) is 10.1. The zero-order valence-electron chi connectivity index (χ0n) is 20.3. The molecule has 9 nitrogen and oxygen atoms in total. The molecule has 2 amide bonds. The van der Waals surface area contributed by atoms with Gasteiger partial charge in [0.2, 0.25) is 5.91 Å². The van der Waals surface area contributed by atoms with Crippen LogP contribution in [0.4, 0.5) is 0 Å². The van der Waals surface area contributed by atoms with Gasteiger partial charge in [0.25, 0.3) is 5.91 Å². The molecule has 1 aliphatic rings. The number of benzene rings is 2. The van der Waals surface area contributed by atoms with Crippen LogP contribution in [0.2, 0.25) is 0 Å². The Bertz CT molecular complexity index is 1410. The van der Waals surface area contributed by atoms with Crippen molar-refractivity contribution in [1.29, 1.82) is 0 Å². The van der Waals surface area contributed by atoms with Gasteiger partial charge in [0, 0.05) is 45.2 Å². The Hall–Kier alpha value is -4.40. The number of para-hydroxylation sites is 1. The SMILES string of the molecule is CN(C)C(=O)c1cc2c(Oc3ccccc3)cc(C3=CCCN(C(=O)CCn4ccnn4)C3)cc2[nH]1. The van der Waals surface area contributed by atoms with E-state index in [1.165, 1.54) is 4.90 Å². The number of ether oxygens (including phenoxy) is 1. The monoisotopic (exact) mass is 484 g/mol. The third-order valence-electron chi connectivity index (χ3n) is 6.21. The number of carbonyl (C=O) groups is 2. The molecule has 9 heteroatoms. The average molecular weight is 485 g/mol.